The van der Waals surface area contributed by atoms with Crippen molar-refractivity contribution < 1.29 is 0 Å². The molecule has 0 aliphatic heterocycles. The molecule has 0 aromatic heterocycles. The fraction of sp³-hybridized carbons (Fsp3) is 0.412. The highest BCUT2D eigenvalue weighted by atomic mass is 14.0. The molecule has 17 heavy (non-hydrogen) atoms. The second-order valence-electron chi connectivity index (χ2n) is 2.49. The van der Waals surface area contributed by atoms with Gasteiger partial charge in [0.15, 0.2) is 0 Å². The first-order valence-electron chi connectivity index (χ1n) is 6.64. The summed E-state index contributed by atoms with van der Waals surface area (Å²) in [5, 5.41) is 0. The average molecular weight is 234 g/mol. The number of hydrogen-bond donors (Lipinski definition) is 0. The molecular weight excluding hydrogens is 204 g/mol. The molecule has 0 fully saturated rings. The quantitative estimate of drug-likeness (QED) is 0.558. The van der Waals surface area contributed by atoms with Gasteiger partial charge < -0.3 is 0 Å². The molecule has 0 atom stereocenters. The first kappa shape index (κ1) is 21.0. The molecule has 0 radical (unpaired) electrons. The number of aryl methyl sites for hydroxylation is 1. The van der Waals surface area contributed by atoms with E-state index in [0.29, 0.717) is 0 Å². The van der Waals surface area contributed by atoms with Crippen LogP contribution in [0.3, 0.4) is 0 Å². The molecule has 0 bridgehead atoms. The monoisotopic (exact) mass is 234 g/mol. The standard InChI is InChI=1S/C11H12.3C2H6/c1-4-10-8-6-7-9(3)11(10)5-2;3*1-2/h4-8H,1-2H2,3H3;3*1-2H3. The second kappa shape index (κ2) is 17.1. The van der Waals surface area contributed by atoms with Gasteiger partial charge in [-0.2, -0.15) is 0 Å². The SMILES string of the molecule is C=Cc1cccc(C)c1C=C.CC.CC.CC. The van der Waals surface area contributed by atoms with Crippen molar-refractivity contribution in [1.82, 2.24) is 0 Å². The maximum atomic E-state index is 3.75. The molecule has 1 aromatic rings. The van der Waals surface area contributed by atoms with Gasteiger partial charge in [0.25, 0.3) is 0 Å². The Morgan fingerprint density at radius 3 is 1.59 bits per heavy atom. The molecule has 0 aliphatic rings. The predicted octanol–water partition coefficient (Wildman–Crippen LogP) is 6.36. The van der Waals surface area contributed by atoms with Crippen LogP contribution in [0, 0.1) is 6.92 Å². The summed E-state index contributed by atoms with van der Waals surface area (Å²) in [6.45, 7) is 21.6. The molecule has 0 saturated carbocycles. The number of hydrogen-bond acceptors (Lipinski definition) is 0. The lowest BCUT2D eigenvalue weighted by Crippen LogP contribution is -1.83. The summed E-state index contributed by atoms with van der Waals surface area (Å²) in [5.74, 6) is 0. The predicted molar refractivity (Wildman–Crippen MR) is 85.4 cm³/mol. The zero-order valence-corrected chi connectivity index (χ0v) is 12.8. The second-order valence-corrected chi connectivity index (χ2v) is 2.49. The van der Waals surface area contributed by atoms with Crippen molar-refractivity contribution in [2.45, 2.75) is 48.5 Å². The highest BCUT2D eigenvalue weighted by Gasteiger charge is 1.96. The highest BCUT2D eigenvalue weighted by Crippen LogP contribution is 2.15. The molecule has 98 valence electrons. The van der Waals surface area contributed by atoms with Crippen LogP contribution in [0.5, 0.6) is 0 Å². The molecule has 1 aromatic carbocycles. The zero-order valence-electron chi connectivity index (χ0n) is 12.8. The third-order valence-corrected chi connectivity index (χ3v) is 1.78. The first-order chi connectivity index (χ1) is 8.29. The van der Waals surface area contributed by atoms with Gasteiger partial charge in [-0.15, -0.1) is 0 Å². The Hall–Kier alpha value is -1.30. The summed E-state index contributed by atoms with van der Waals surface area (Å²) >= 11 is 0. The minimum atomic E-state index is 1.15. The van der Waals surface area contributed by atoms with Gasteiger partial charge in [-0.3, -0.25) is 0 Å². The van der Waals surface area contributed by atoms with Gasteiger partial charge in [0.2, 0.25) is 0 Å². The van der Waals surface area contributed by atoms with Gasteiger partial charge in [-0.05, 0) is 23.6 Å². The Balaban J connectivity index is -0.000000285. The van der Waals surface area contributed by atoms with Gasteiger partial charge in [-0.1, -0.05) is 85.1 Å². The summed E-state index contributed by atoms with van der Waals surface area (Å²) in [7, 11) is 0. The maximum absolute atomic E-state index is 3.75. The summed E-state index contributed by atoms with van der Waals surface area (Å²) in [6.07, 6.45) is 3.72. The lowest BCUT2D eigenvalue weighted by molar-refractivity contribution is 1.43. The molecular formula is C17H30. The van der Waals surface area contributed by atoms with Gasteiger partial charge in [0.1, 0.15) is 0 Å². The fourth-order valence-electron chi connectivity index (χ4n) is 1.16. The molecule has 0 saturated heterocycles. The van der Waals surface area contributed by atoms with E-state index in [1.807, 2.05) is 65.8 Å². The third kappa shape index (κ3) is 8.50. The van der Waals surface area contributed by atoms with E-state index in [0.717, 1.165) is 5.56 Å². The highest BCUT2D eigenvalue weighted by molar-refractivity contribution is 5.65. The normalized spacial score (nSPS) is 7.00. The summed E-state index contributed by atoms with van der Waals surface area (Å²) in [4.78, 5) is 0. The van der Waals surface area contributed by atoms with E-state index in [-0.39, 0.29) is 0 Å². The largest absolute Gasteiger partial charge is 0.0984 e. The third-order valence-electron chi connectivity index (χ3n) is 1.78. The lowest BCUT2D eigenvalue weighted by Gasteiger charge is -2.03. The zero-order chi connectivity index (χ0) is 14.3. The Bertz CT molecular complexity index is 282. The Morgan fingerprint density at radius 2 is 1.29 bits per heavy atom. The van der Waals surface area contributed by atoms with Crippen LogP contribution >= 0.6 is 0 Å². The van der Waals surface area contributed by atoms with Crippen LogP contribution in [-0.4, -0.2) is 0 Å². The molecule has 0 amide bonds. The van der Waals surface area contributed by atoms with Crippen LogP contribution < -0.4 is 0 Å². The topological polar surface area (TPSA) is 0 Å². The molecule has 0 N–H and O–H groups in total. The Kier molecular flexibility index (Phi) is 21.2. The number of benzene rings is 1. The summed E-state index contributed by atoms with van der Waals surface area (Å²) in [6, 6.07) is 6.14. The first-order valence-corrected chi connectivity index (χ1v) is 6.64. The van der Waals surface area contributed by atoms with E-state index in [1.54, 1.807) is 0 Å². The van der Waals surface area contributed by atoms with E-state index < -0.39 is 0 Å². The summed E-state index contributed by atoms with van der Waals surface area (Å²) < 4.78 is 0. The average Bonchev–Trinajstić information content (AvgIpc) is 2.45. The minimum Gasteiger partial charge on any atom is -0.0984 e. The Labute approximate surface area is 109 Å². The van der Waals surface area contributed by atoms with Crippen molar-refractivity contribution in [3.05, 3.63) is 48.0 Å². The van der Waals surface area contributed by atoms with Crippen molar-refractivity contribution in [2.75, 3.05) is 0 Å². The van der Waals surface area contributed by atoms with Crippen LogP contribution in [0.4, 0.5) is 0 Å². The van der Waals surface area contributed by atoms with Crippen molar-refractivity contribution in [1.29, 1.82) is 0 Å². The van der Waals surface area contributed by atoms with E-state index in [4.69, 9.17) is 0 Å². The van der Waals surface area contributed by atoms with Crippen molar-refractivity contribution >= 4 is 12.2 Å². The van der Waals surface area contributed by atoms with Crippen LogP contribution in [0.15, 0.2) is 31.4 Å². The van der Waals surface area contributed by atoms with Gasteiger partial charge in [0.05, 0.1) is 0 Å². The lowest BCUT2D eigenvalue weighted by atomic mass is 10.0. The van der Waals surface area contributed by atoms with Crippen LogP contribution in [0.25, 0.3) is 12.2 Å². The maximum Gasteiger partial charge on any atom is -0.0161 e. The molecule has 0 aliphatic carbocycles. The molecule has 0 spiro atoms. The van der Waals surface area contributed by atoms with E-state index in [2.05, 4.69) is 26.1 Å². The van der Waals surface area contributed by atoms with Crippen LogP contribution in [-0.2, 0) is 0 Å². The van der Waals surface area contributed by atoms with Gasteiger partial charge >= 0.3 is 0 Å². The summed E-state index contributed by atoms with van der Waals surface area (Å²) in [5.41, 5.74) is 3.58. The smallest absolute Gasteiger partial charge is 0.0161 e. The van der Waals surface area contributed by atoms with Crippen molar-refractivity contribution in [2.24, 2.45) is 0 Å². The molecule has 0 heteroatoms. The van der Waals surface area contributed by atoms with E-state index in [9.17, 15) is 0 Å². The molecule has 0 nitrogen and oxygen atoms in total. The van der Waals surface area contributed by atoms with Gasteiger partial charge in [-0.25, -0.2) is 0 Å². The fourth-order valence-corrected chi connectivity index (χ4v) is 1.16. The molecule has 0 unspecified atom stereocenters. The minimum absolute atomic E-state index is 1.15. The Morgan fingerprint density at radius 1 is 0.824 bits per heavy atom. The van der Waals surface area contributed by atoms with Crippen molar-refractivity contribution in [3.8, 4) is 0 Å². The molecule has 0 heterocycles. The molecule has 1 rings (SSSR count). The van der Waals surface area contributed by atoms with E-state index in [1.165, 1.54) is 11.1 Å². The van der Waals surface area contributed by atoms with Gasteiger partial charge in [0, 0.05) is 0 Å². The van der Waals surface area contributed by atoms with Crippen LogP contribution in [0.2, 0.25) is 0 Å². The van der Waals surface area contributed by atoms with Crippen molar-refractivity contribution in [3.63, 3.8) is 0 Å². The van der Waals surface area contributed by atoms with E-state index >= 15 is 0 Å². The van der Waals surface area contributed by atoms with Crippen LogP contribution in [0.1, 0.15) is 58.2 Å². The number of rotatable bonds is 2.